The zero-order valence-corrected chi connectivity index (χ0v) is 11.8. The van der Waals surface area contributed by atoms with E-state index in [0.717, 1.165) is 51.7 Å². The maximum atomic E-state index is 12.1. The molecule has 0 aliphatic carbocycles. The van der Waals surface area contributed by atoms with Crippen molar-refractivity contribution in [1.29, 1.82) is 0 Å². The lowest BCUT2D eigenvalue weighted by Crippen LogP contribution is -2.45. The smallest absolute Gasteiger partial charge is 0.224 e. The Hall–Kier alpha value is -0.610. The number of aliphatic hydroxyl groups excluding tert-OH is 1. The highest BCUT2D eigenvalue weighted by Gasteiger charge is 2.25. The number of amides is 1. The van der Waals surface area contributed by atoms with Crippen molar-refractivity contribution in [2.24, 2.45) is 5.92 Å². The normalized spacial score (nSPS) is 22.7. The zero-order valence-electron chi connectivity index (χ0n) is 11.8. The Morgan fingerprint density at radius 2 is 2.33 bits per heavy atom. The third-order valence-electron chi connectivity index (χ3n) is 3.62. The number of rotatable bonds is 7. The monoisotopic (exact) mass is 256 g/mol. The van der Waals surface area contributed by atoms with Crippen LogP contribution in [0.2, 0.25) is 0 Å². The van der Waals surface area contributed by atoms with Gasteiger partial charge in [0.15, 0.2) is 0 Å². The van der Waals surface area contributed by atoms with Crippen LogP contribution in [0.15, 0.2) is 0 Å². The molecule has 4 nitrogen and oxygen atoms in total. The second-order valence-electron chi connectivity index (χ2n) is 5.42. The number of nitrogens with one attached hydrogen (secondary N) is 1. The van der Waals surface area contributed by atoms with Gasteiger partial charge in [-0.2, -0.15) is 0 Å². The highest BCUT2D eigenvalue weighted by atomic mass is 16.3. The van der Waals surface area contributed by atoms with Gasteiger partial charge in [-0.25, -0.2) is 0 Å². The topological polar surface area (TPSA) is 52.6 Å². The summed E-state index contributed by atoms with van der Waals surface area (Å²) in [6.07, 6.45) is 5.05. The molecule has 1 saturated heterocycles. The summed E-state index contributed by atoms with van der Waals surface area (Å²) >= 11 is 0. The van der Waals surface area contributed by atoms with E-state index in [1.54, 1.807) is 0 Å². The lowest BCUT2D eigenvalue weighted by atomic mass is 9.96. The lowest BCUT2D eigenvalue weighted by Gasteiger charge is -2.32. The molecule has 18 heavy (non-hydrogen) atoms. The molecule has 106 valence electrons. The van der Waals surface area contributed by atoms with Gasteiger partial charge in [-0.15, -0.1) is 0 Å². The fourth-order valence-electron chi connectivity index (χ4n) is 2.63. The van der Waals surface area contributed by atoms with Crippen LogP contribution in [0.25, 0.3) is 0 Å². The van der Waals surface area contributed by atoms with Crippen LogP contribution < -0.4 is 5.32 Å². The molecule has 0 radical (unpaired) electrons. The Kier molecular flexibility index (Phi) is 7.28. The van der Waals surface area contributed by atoms with Crippen molar-refractivity contribution in [3.63, 3.8) is 0 Å². The second-order valence-corrected chi connectivity index (χ2v) is 5.42. The number of likely N-dealkylation sites (tertiary alicyclic amines) is 1. The molecule has 0 aromatic carbocycles. The van der Waals surface area contributed by atoms with Gasteiger partial charge in [0.1, 0.15) is 0 Å². The maximum Gasteiger partial charge on any atom is 0.224 e. The Bertz CT molecular complexity index is 246. The molecule has 1 amide bonds. The zero-order chi connectivity index (χ0) is 13.4. The first-order chi connectivity index (χ1) is 8.67. The standard InChI is InChI=1S/C14H28N2O2/c1-3-6-12(2)15-14(18)13-7-4-8-16(11-13)9-5-10-17/h12-13,17H,3-11H2,1-2H3,(H,15,18). The van der Waals surface area contributed by atoms with Gasteiger partial charge in [-0.05, 0) is 39.2 Å². The average molecular weight is 256 g/mol. The molecule has 0 aromatic rings. The Morgan fingerprint density at radius 1 is 1.56 bits per heavy atom. The van der Waals surface area contributed by atoms with Gasteiger partial charge >= 0.3 is 0 Å². The molecule has 1 rings (SSSR count). The van der Waals surface area contributed by atoms with Gasteiger partial charge in [-0.1, -0.05) is 13.3 Å². The van der Waals surface area contributed by atoms with Crippen molar-refractivity contribution in [3.05, 3.63) is 0 Å². The summed E-state index contributed by atoms with van der Waals surface area (Å²) in [4.78, 5) is 14.4. The summed E-state index contributed by atoms with van der Waals surface area (Å²) in [6.45, 7) is 7.28. The minimum Gasteiger partial charge on any atom is -0.396 e. The SMILES string of the molecule is CCCC(C)NC(=O)C1CCCN(CCCO)C1. The number of carbonyl (C=O) groups excluding carboxylic acids is 1. The number of hydrogen-bond acceptors (Lipinski definition) is 3. The minimum absolute atomic E-state index is 0.136. The third-order valence-corrected chi connectivity index (χ3v) is 3.62. The van der Waals surface area contributed by atoms with E-state index in [1.165, 1.54) is 0 Å². The summed E-state index contributed by atoms with van der Waals surface area (Å²) in [5, 5.41) is 12.0. The summed E-state index contributed by atoms with van der Waals surface area (Å²) in [5.41, 5.74) is 0. The Balaban J connectivity index is 2.33. The van der Waals surface area contributed by atoms with Crippen LogP contribution in [0.5, 0.6) is 0 Å². The quantitative estimate of drug-likeness (QED) is 0.723. The Morgan fingerprint density at radius 3 is 3.00 bits per heavy atom. The molecule has 1 aliphatic heterocycles. The summed E-state index contributed by atoms with van der Waals surface area (Å²) in [6, 6.07) is 0.287. The highest BCUT2D eigenvalue weighted by molar-refractivity contribution is 5.79. The first-order valence-electron chi connectivity index (χ1n) is 7.31. The molecule has 1 fully saturated rings. The van der Waals surface area contributed by atoms with E-state index < -0.39 is 0 Å². The van der Waals surface area contributed by atoms with Crippen molar-refractivity contribution in [1.82, 2.24) is 10.2 Å². The maximum absolute atomic E-state index is 12.1. The fourth-order valence-corrected chi connectivity index (χ4v) is 2.63. The van der Waals surface area contributed by atoms with Gasteiger partial charge in [0.2, 0.25) is 5.91 Å². The molecule has 4 heteroatoms. The van der Waals surface area contributed by atoms with Crippen LogP contribution in [-0.2, 0) is 4.79 Å². The number of aliphatic hydroxyl groups is 1. The average Bonchev–Trinajstić information content (AvgIpc) is 2.37. The van der Waals surface area contributed by atoms with Gasteiger partial charge in [0.25, 0.3) is 0 Å². The molecule has 2 N–H and O–H groups in total. The number of carbonyl (C=O) groups is 1. The molecule has 0 spiro atoms. The van der Waals surface area contributed by atoms with E-state index in [1.807, 2.05) is 0 Å². The predicted octanol–water partition coefficient (Wildman–Crippen LogP) is 1.39. The number of nitrogens with zero attached hydrogens (tertiary/aromatic N) is 1. The van der Waals surface area contributed by atoms with E-state index in [0.29, 0.717) is 0 Å². The van der Waals surface area contributed by atoms with Crippen LogP contribution in [0.4, 0.5) is 0 Å². The minimum atomic E-state index is 0.136. The molecule has 0 bridgehead atoms. The second kappa shape index (κ2) is 8.48. The fraction of sp³-hybridized carbons (Fsp3) is 0.929. The van der Waals surface area contributed by atoms with E-state index in [9.17, 15) is 4.79 Å². The first-order valence-corrected chi connectivity index (χ1v) is 7.31. The predicted molar refractivity (Wildman–Crippen MR) is 73.4 cm³/mol. The Labute approximate surface area is 111 Å². The van der Waals surface area contributed by atoms with Crippen molar-refractivity contribution in [3.8, 4) is 0 Å². The lowest BCUT2D eigenvalue weighted by molar-refractivity contribution is -0.127. The molecular weight excluding hydrogens is 228 g/mol. The third kappa shape index (κ3) is 5.36. The van der Waals surface area contributed by atoms with Crippen molar-refractivity contribution < 1.29 is 9.90 Å². The van der Waals surface area contributed by atoms with Gasteiger partial charge in [-0.3, -0.25) is 4.79 Å². The summed E-state index contributed by atoms with van der Waals surface area (Å²) in [7, 11) is 0. The van der Waals surface area contributed by atoms with E-state index in [-0.39, 0.29) is 24.5 Å². The van der Waals surface area contributed by atoms with E-state index >= 15 is 0 Å². The highest BCUT2D eigenvalue weighted by Crippen LogP contribution is 2.17. The molecule has 1 heterocycles. The summed E-state index contributed by atoms with van der Waals surface area (Å²) in [5.74, 6) is 0.349. The molecular formula is C14H28N2O2. The van der Waals surface area contributed by atoms with Crippen LogP contribution in [0.3, 0.4) is 0 Å². The van der Waals surface area contributed by atoms with Gasteiger partial charge in [0, 0.05) is 25.7 Å². The number of hydrogen-bond donors (Lipinski definition) is 2. The van der Waals surface area contributed by atoms with E-state index in [2.05, 4.69) is 24.1 Å². The van der Waals surface area contributed by atoms with Crippen molar-refractivity contribution in [2.75, 3.05) is 26.2 Å². The van der Waals surface area contributed by atoms with Gasteiger partial charge in [0.05, 0.1) is 5.92 Å². The first kappa shape index (κ1) is 15.4. The van der Waals surface area contributed by atoms with E-state index in [4.69, 9.17) is 5.11 Å². The molecule has 2 unspecified atom stereocenters. The molecule has 1 aliphatic rings. The van der Waals surface area contributed by atoms with Crippen LogP contribution in [0, 0.1) is 5.92 Å². The molecule has 0 saturated carbocycles. The van der Waals surface area contributed by atoms with Crippen molar-refractivity contribution >= 4 is 5.91 Å². The summed E-state index contributed by atoms with van der Waals surface area (Å²) < 4.78 is 0. The largest absolute Gasteiger partial charge is 0.396 e. The molecule has 0 aromatic heterocycles. The van der Waals surface area contributed by atoms with Crippen LogP contribution in [0.1, 0.15) is 46.0 Å². The number of piperidine rings is 1. The van der Waals surface area contributed by atoms with Gasteiger partial charge < -0.3 is 15.3 Å². The molecule has 2 atom stereocenters. The van der Waals surface area contributed by atoms with Crippen molar-refractivity contribution in [2.45, 2.75) is 52.0 Å². The van der Waals surface area contributed by atoms with Crippen LogP contribution in [-0.4, -0.2) is 48.2 Å². The van der Waals surface area contributed by atoms with Crippen LogP contribution >= 0.6 is 0 Å².